The van der Waals surface area contributed by atoms with Crippen LogP contribution in [0.25, 0.3) is 10.9 Å². The minimum absolute atomic E-state index is 0.0388. The molecular formula is C12H12N2OS2. The second kappa shape index (κ2) is 4.31. The zero-order valence-electron chi connectivity index (χ0n) is 9.18. The number of H-pyrrole nitrogens is 1. The van der Waals surface area contributed by atoms with Gasteiger partial charge in [-0.05, 0) is 36.5 Å². The van der Waals surface area contributed by atoms with Gasteiger partial charge in [0.2, 0.25) is 0 Å². The van der Waals surface area contributed by atoms with E-state index in [1.807, 2.05) is 36.0 Å². The number of benzene rings is 1. The lowest BCUT2D eigenvalue weighted by Gasteiger charge is -2.13. The summed E-state index contributed by atoms with van der Waals surface area (Å²) < 4.78 is 2.29. The van der Waals surface area contributed by atoms with Crippen LogP contribution in [-0.2, 0) is 0 Å². The predicted molar refractivity (Wildman–Crippen MR) is 74.4 cm³/mol. The first-order valence-electron chi connectivity index (χ1n) is 5.58. The van der Waals surface area contributed by atoms with Crippen molar-refractivity contribution in [3.8, 4) is 0 Å². The van der Waals surface area contributed by atoms with Crippen LogP contribution >= 0.6 is 24.0 Å². The molecule has 1 unspecified atom stereocenters. The molecule has 0 aliphatic carbocycles. The molecule has 17 heavy (non-hydrogen) atoms. The zero-order valence-corrected chi connectivity index (χ0v) is 10.8. The maximum absolute atomic E-state index is 12.4. The van der Waals surface area contributed by atoms with Crippen LogP contribution in [0.1, 0.15) is 12.5 Å². The largest absolute Gasteiger partial charge is 0.332 e. The van der Waals surface area contributed by atoms with Crippen LogP contribution in [0.2, 0.25) is 0 Å². The maximum atomic E-state index is 12.4. The molecule has 1 aromatic heterocycles. The molecule has 0 bridgehead atoms. The number of rotatable bonds is 1. The third kappa shape index (κ3) is 1.83. The summed E-state index contributed by atoms with van der Waals surface area (Å²) in [5.74, 6) is 2.09. The molecule has 0 spiro atoms. The normalized spacial score (nSPS) is 19.9. The van der Waals surface area contributed by atoms with Gasteiger partial charge in [-0.25, -0.2) is 0 Å². The summed E-state index contributed by atoms with van der Waals surface area (Å²) in [4.78, 5) is 15.5. The Kier molecular flexibility index (Phi) is 2.80. The molecule has 88 valence electrons. The van der Waals surface area contributed by atoms with E-state index < -0.39 is 0 Å². The van der Waals surface area contributed by atoms with Crippen molar-refractivity contribution in [1.29, 1.82) is 0 Å². The van der Waals surface area contributed by atoms with Gasteiger partial charge in [-0.1, -0.05) is 12.1 Å². The van der Waals surface area contributed by atoms with Gasteiger partial charge in [0, 0.05) is 11.8 Å². The monoisotopic (exact) mass is 264 g/mol. The number of hydrogen-bond donors (Lipinski definition) is 1. The number of hydrogen-bond acceptors (Lipinski definition) is 3. The Hall–Kier alpha value is -1.07. The highest BCUT2D eigenvalue weighted by molar-refractivity contribution is 7.99. The summed E-state index contributed by atoms with van der Waals surface area (Å²) in [6, 6.07) is 7.78. The average Bonchev–Trinajstić information content (AvgIpc) is 2.83. The number of nitrogens with zero attached hydrogens (tertiary/aromatic N) is 1. The van der Waals surface area contributed by atoms with Crippen molar-refractivity contribution < 1.29 is 0 Å². The second-order valence-corrected chi connectivity index (χ2v) is 5.70. The molecule has 1 atom stereocenters. The lowest BCUT2D eigenvalue weighted by Crippen LogP contribution is -2.26. The van der Waals surface area contributed by atoms with E-state index in [1.54, 1.807) is 4.57 Å². The minimum atomic E-state index is 0.0388. The van der Waals surface area contributed by atoms with E-state index in [4.69, 9.17) is 12.2 Å². The summed E-state index contributed by atoms with van der Waals surface area (Å²) in [6.07, 6.45) is 1.03. The first kappa shape index (κ1) is 11.0. The van der Waals surface area contributed by atoms with E-state index in [0.29, 0.717) is 4.77 Å². The number of fused-ring (bicyclic) bond motifs is 1. The lowest BCUT2D eigenvalue weighted by molar-refractivity contribution is 0.530. The fourth-order valence-electron chi connectivity index (χ4n) is 2.23. The van der Waals surface area contributed by atoms with Gasteiger partial charge in [-0.2, -0.15) is 11.8 Å². The predicted octanol–water partition coefficient (Wildman–Crippen LogP) is 2.74. The summed E-state index contributed by atoms with van der Waals surface area (Å²) in [5.41, 5.74) is 0.862. The molecule has 1 aliphatic heterocycles. The highest BCUT2D eigenvalue weighted by Crippen LogP contribution is 2.27. The molecule has 1 N–H and O–H groups in total. The molecule has 0 radical (unpaired) electrons. The van der Waals surface area contributed by atoms with Crippen LogP contribution in [-0.4, -0.2) is 21.1 Å². The van der Waals surface area contributed by atoms with Gasteiger partial charge in [-0.3, -0.25) is 9.36 Å². The Morgan fingerprint density at radius 3 is 3.00 bits per heavy atom. The SMILES string of the molecule is O=c1c2ccccc2[nH]c(=S)n1C1CCSC1. The standard InChI is InChI=1S/C12H12N2OS2/c15-11-9-3-1-2-4-10(9)13-12(16)14(11)8-5-6-17-7-8/h1-4,8H,5-7H2,(H,13,16). The van der Waals surface area contributed by atoms with Crippen LogP contribution in [0, 0.1) is 4.77 Å². The zero-order chi connectivity index (χ0) is 11.8. The van der Waals surface area contributed by atoms with E-state index in [0.717, 1.165) is 28.8 Å². The van der Waals surface area contributed by atoms with E-state index in [9.17, 15) is 4.79 Å². The van der Waals surface area contributed by atoms with Crippen LogP contribution in [0.3, 0.4) is 0 Å². The van der Waals surface area contributed by atoms with E-state index in [-0.39, 0.29) is 11.6 Å². The van der Waals surface area contributed by atoms with Crippen molar-refractivity contribution in [1.82, 2.24) is 9.55 Å². The topological polar surface area (TPSA) is 37.8 Å². The molecule has 0 amide bonds. The minimum Gasteiger partial charge on any atom is -0.332 e. The third-order valence-electron chi connectivity index (χ3n) is 3.11. The third-order valence-corrected chi connectivity index (χ3v) is 4.55. The second-order valence-electron chi connectivity index (χ2n) is 4.17. The van der Waals surface area contributed by atoms with Crippen LogP contribution in [0.4, 0.5) is 0 Å². The van der Waals surface area contributed by atoms with Gasteiger partial charge in [0.1, 0.15) is 0 Å². The molecule has 3 nitrogen and oxygen atoms in total. The quantitative estimate of drug-likeness (QED) is 0.805. The Morgan fingerprint density at radius 1 is 1.41 bits per heavy atom. The Bertz CT molecular complexity index is 668. The fraction of sp³-hybridized carbons (Fsp3) is 0.333. The van der Waals surface area contributed by atoms with Crippen molar-refractivity contribution in [3.63, 3.8) is 0 Å². The molecule has 5 heteroatoms. The van der Waals surface area contributed by atoms with E-state index >= 15 is 0 Å². The van der Waals surface area contributed by atoms with Crippen LogP contribution < -0.4 is 5.56 Å². The van der Waals surface area contributed by atoms with Crippen molar-refractivity contribution >= 4 is 34.9 Å². The summed E-state index contributed by atoms with van der Waals surface area (Å²) >= 11 is 7.18. The highest BCUT2D eigenvalue weighted by atomic mass is 32.2. The molecule has 1 saturated heterocycles. The van der Waals surface area contributed by atoms with Crippen LogP contribution in [0.5, 0.6) is 0 Å². The van der Waals surface area contributed by atoms with E-state index in [1.165, 1.54) is 0 Å². The molecule has 2 heterocycles. The number of aromatic nitrogens is 2. The van der Waals surface area contributed by atoms with Gasteiger partial charge < -0.3 is 4.98 Å². The molecule has 2 aromatic rings. The Labute approximate surface area is 108 Å². The number of nitrogens with one attached hydrogen (secondary N) is 1. The maximum Gasteiger partial charge on any atom is 0.262 e. The molecule has 1 aromatic carbocycles. The molecule has 3 rings (SSSR count). The van der Waals surface area contributed by atoms with Crippen molar-refractivity contribution in [2.24, 2.45) is 0 Å². The number of para-hydroxylation sites is 1. The van der Waals surface area contributed by atoms with Crippen molar-refractivity contribution in [2.45, 2.75) is 12.5 Å². The van der Waals surface area contributed by atoms with Gasteiger partial charge in [0.25, 0.3) is 5.56 Å². The van der Waals surface area contributed by atoms with Gasteiger partial charge >= 0.3 is 0 Å². The first-order valence-corrected chi connectivity index (χ1v) is 7.15. The first-order chi connectivity index (χ1) is 8.27. The number of aromatic amines is 1. The molecular weight excluding hydrogens is 252 g/mol. The average molecular weight is 264 g/mol. The summed E-state index contributed by atoms with van der Waals surface area (Å²) in [7, 11) is 0. The van der Waals surface area contributed by atoms with E-state index in [2.05, 4.69) is 4.98 Å². The Balaban J connectivity index is 2.31. The van der Waals surface area contributed by atoms with Gasteiger partial charge in [-0.15, -0.1) is 0 Å². The highest BCUT2D eigenvalue weighted by Gasteiger charge is 2.20. The number of thioether (sulfide) groups is 1. The van der Waals surface area contributed by atoms with Crippen LogP contribution in [0.15, 0.2) is 29.1 Å². The lowest BCUT2D eigenvalue weighted by atomic mass is 10.2. The fourth-order valence-corrected chi connectivity index (χ4v) is 3.77. The molecule has 1 fully saturated rings. The summed E-state index contributed by atoms with van der Waals surface area (Å²) in [6.45, 7) is 0. The Morgan fingerprint density at radius 2 is 2.24 bits per heavy atom. The molecule has 0 saturated carbocycles. The van der Waals surface area contributed by atoms with Gasteiger partial charge in [0.15, 0.2) is 4.77 Å². The van der Waals surface area contributed by atoms with Gasteiger partial charge in [0.05, 0.1) is 10.9 Å². The van der Waals surface area contributed by atoms with Crippen molar-refractivity contribution in [3.05, 3.63) is 39.4 Å². The molecule has 1 aliphatic rings. The van der Waals surface area contributed by atoms with Crippen molar-refractivity contribution in [2.75, 3.05) is 11.5 Å². The summed E-state index contributed by atoms with van der Waals surface area (Å²) in [5, 5.41) is 0.720. The smallest absolute Gasteiger partial charge is 0.262 e.